The zero-order valence-corrected chi connectivity index (χ0v) is 18.9. The van der Waals surface area contributed by atoms with E-state index in [0.717, 1.165) is 15.2 Å². The SMILES string of the molecule is COc1ccc(NC(=O)[C@@H](CC(C)C)NS(=O)(=O)c2ccc3nc(C)sc3c2)cc1. The summed E-state index contributed by atoms with van der Waals surface area (Å²) in [6.45, 7) is 5.75. The Bertz CT molecular complexity index is 1140. The number of hydrogen-bond donors (Lipinski definition) is 2. The van der Waals surface area contributed by atoms with Gasteiger partial charge < -0.3 is 10.1 Å². The predicted molar refractivity (Wildman–Crippen MR) is 120 cm³/mol. The van der Waals surface area contributed by atoms with Gasteiger partial charge in [0.25, 0.3) is 0 Å². The number of benzene rings is 2. The molecule has 0 aliphatic carbocycles. The first-order valence-corrected chi connectivity index (χ1v) is 11.8. The summed E-state index contributed by atoms with van der Waals surface area (Å²) in [5.41, 5.74) is 1.32. The summed E-state index contributed by atoms with van der Waals surface area (Å²) >= 11 is 1.43. The maximum Gasteiger partial charge on any atom is 0.242 e. The van der Waals surface area contributed by atoms with E-state index in [2.05, 4.69) is 15.0 Å². The fourth-order valence-electron chi connectivity index (χ4n) is 3.03. The number of amides is 1. The smallest absolute Gasteiger partial charge is 0.242 e. The van der Waals surface area contributed by atoms with Crippen molar-refractivity contribution in [2.24, 2.45) is 5.92 Å². The van der Waals surface area contributed by atoms with Crippen LogP contribution in [0, 0.1) is 12.8 Å². The first-order valence-electron chi connectivity index (χ1n) is 9.52. The van der Waals surface area contributed by atoms with E-state index in [-0.39, 0.29) is 10.8 Å². The Morgan fingerprint density at radius 3 is 2.50 bits per heavy atom. The first kappa shape index (κ1) is 22.2. The third kappa shape index (κ3) is 5.35. The minimum Gasteiger partial charge on any atom is -0.497 e. The Balaban J connectivity index is 1.81. The molecule has 0 radical (unpaired) electrons. The fraction of sp³-hybridized carbons (Fsp3) is 0.333. The Morgan fingerprint density at radius 2 is 1.87 bits per heavy atom. The van der Waals surface area contributed by atoms with Gasteiger partial charge in [0.05, 0.1) is 27.2 Å². The molecule has 1 amide bonds. The van der Waals surface area contributed by atoms with Gasteiger partial charge in [-0.25, -0.2) is 13.4 Å². The van der Waals surface area contributed by atoms with Crippen LogP contribution in [0.5, 0.6) is 5.75 Å². The van der Waals surface area contributed by atoms with Crippen LogP contribution < -0.4 is 14.8 Å². The number of nitrogens with zero attached hydrogens (tertiary/aromatic N) is 1. The average molecular weight is 448 g/mol. The summed E-state index contributed by atoms with van der Waals surface area (Å²) in [4.78, 5) is 17.3. The molecule has 3 rings (SSSR count). The molecule has 1 heterocycles. The zero-order chi connectivity index (χ0) is 21.9. The van der Waals surface area contributed by atoms with Crippen LogP contribution in [0.25, 0.3) is 10.2 Å². The highest BCUT2D eigenvalue weighted by molar-refractivity contribution is 7.89. The molecule has 1 aromatic heterocycles. The lowest BCUT2D eigenvalue weighted by molar-refractivity contribution is -0.118. The molecule has 0 unspecified atom stereocenters. The minimum absolute atomic E-state index is 0.115. The third-order valence-electron chi connectivity index (χ3n) is 4.46. The molecule has 0 fully saturated rings. The molecule has 0 aliphatic rings. The molecule has 1 atom stereocenters. The number of sulfonamides is 1. The van der Waals surface area contributed by atoms with Crippen molar-refractivity contribution in [1.29, 1.82) is 0 Å². The zero-order valence-electron chi connectivity index (χ0n) is 17.3. The van der Waals surface area contributed by atoms with Gasteiger partial charge in [-0.1, -0.05) is 13.8 Å². The monoisotopic (exact) mass is 447 g/mol. The van der Waals surface area contributed by atoms with E-state index in [1.807, 2.05) is 20.8 Å². The Labute approximate surface area is 180 Å². The topological polar surface area (TPSA) is 97.4 Å². The van der Waals surface area contributed by atoms with E-state index in [1.54, 1.807) is 43.5 Å². The van der Waals surface area contributed by atoms with Crippen molar-refractivity contribution in [3.05, 3.63) is 47.5 Å². The molecule has 3 aromatic rings. The van der Waals surface area contributed by atoms with Gasteiger partial charge in [-0.05, 0) is 61.7 Å². The van der Waals surface area contributed by atoms with E-state index in [4.69, 9.17) is 4.74 Å². The summed E-state index contributed by atoms with van der Waals surface area (Å²) < 4.78 is 34.5. The van der Waals surface area contributed by atoms with Crippen LogP contribution >= 0.6 is 11.3 Å². The van der Waals surface area contributed by atoms with Crippen molar-refractivity contribution in [3.63, 3.8) is 0 Å². The summed E-state index contributed by atoms with van der Waals surface area (Å²) in [6.07, 6.45) is 0.364. The maximum absolute atomic E-state index is 13.0. The van der Waals surface area contributed by atoms with E-state index in [1.165, 1.54) is 17.4 Å². The number of nitrogens with one attached hydrogen (secondary N) is 2. The largest absolute Gasteiger partial charge is 0.497 e. The van der Waals surface area contributed by atoms with Crippen molar-refractivity contribution in [2.45, 2.75) is 38.1 Å². The van der Waals surface area contributed by atoms with Gasteiger partial charge in [0.2, 0.25) is 15.9 Å². The van der Waals surface area contributed by atoms with Crippen LogP contribution in [-0.2, 0) is 14.8 Å². The lowest BCUT2D eigenvalue weighted by Gasteiger charge is -2.20. The number of anilines is 1. The molecule has 0 spiro atoms. The molecule has 0 saturated carbocycles. The van der Waals surface area contributed by atoms with Crippen molar-refractivity contribution in [2.75, 3.05) is 12.4 Å². The van der Waals surface area contributed by atoms with Crippen molar-refractivity contribution in [3.8, 4) is 5.75 Å². The van der Waals surface area contributed by atoms with Crippen LogP contribution in [0.3, 0.4) is 0 Å². The van der Waals surface area contributed by atoms with Gasteiger partial charge in [-0.3, -0.25) is 4.79 Å². The number of hydrogen-bond acceptors (Lipinski definition) is 6. The highest BCUT2D eigenvalue weighted by Crippen LogP contribution is 2.25. The van der Waals surface area contributed by atoms with Crippen LogP contribution in [0.1, 0.15) is 25.3 Å². The number of ether oxygens (including phenoxy) is 1. The molecule has 30 heavy (non-hydrogen) atoms. The second kappa shape index (κ2) is 9.11. The van der Waals surface area contributed by atoms with E-state index < -0.39 is 22.0 Å². The molecule has 0 bridgehead atoms. The normalized spacial score (nSPS) is 12.8. The predicted octanol–water partition coefficient (Wildman–Crippen LogP) is 3.95. The highest BCUT2D eigenvalue weighted by atomic mass is 32.2. The minimum atomic E-state index is -3.89. The molecule has 2 aromatic carbocycles. The lowest BCUT2D eigenvalue weighted by atomic mass is 10.0. The van der Waals surface area contributed by atoms with Crippen molar-refractivity contribution >= 4 is 43.2 Å². The summed E-state index contributed by atoms with van der Waals surface area (Å²) in [6, 6.07) is 10.7. The Kier molecular flexibility index (Phi) is 6.74. The van der Waals surface area contributed by atoms with Crippen molar-refractivity contribution in [1.82, 2.24) is 9.71 Å². The molecule has 160 valence electrons. The fourth-order valence-corrected chi connectivity index (χ4v) is 5.20. The van der Waals surface area contributed by atoms with Gasteiger partial charge in [0, 0.05) is 5.69 Å². The number of carbonyl (C=O) groups excluding carboxylic acids is 1. The van der Waals surface area contributed by atoms with E-state index >= 15 is 0 Å². The average Bonchev–Trinajstić information content (AvgIpc) is 3.06. The van der Waals surface area contributed by atoms with E-state index in [0.29, 0.717) is 17.9 Å². The van der Waals surface area contributed by atoms with Crippen LogP contribution in [0.2, 0.25) is 0 Å². The number of carbonyl (C=O) groups is 1. The quantitative estimate of drug-likeness (QED) is 0.545. The van der Waals surface area contributed by atoms with Gasteiger partial charge in [0.1, 0.15) is 11.8 Å². The van der Waals surface area contributed by atoms with Gasteiger partial charge in [0.15, 0.2) is 0 Å². The van der Waals surface area contributed by atoms with Gasteiger partial charge in [-0.2, -0.15) is 4.72 Å². The Morgan fingerprint density at radius 1 is 1.17 bits per heavy atom. The second-order valence-corrected chi connectivity index (χ2v) is 10.3. The van der Waals surface area contributed by atoms with E-state index in [9.17, 15) is 13.2 Å². The summed E-state index contributed by atoms with van der Waals surface area (Å²) in [5, 5.41) is 3.64. The number of rotatable bonds is 8. The molecular weight excluding hydrogens is 422 g/mol. The number of fused-ring (bicyclic) bond motifs is 1. The van der Waals surface area contributed by atoms with Crippen LogP contribution in [0.15, 0.2) is 47.4 Å². The third-order valence-corrected chi connectivity index (χ3v) is 6.86. The van der Waals surface area contributed by atoms with Gasteiger partial charge in [-0.15, -0.1) is 11.3 Å². The number of aromatic nitrogens is 1. The van der Waals surface area contributed by atoms with Gasteiger partial charge >= 0.3 is 0 Å². The van der Waals surface area contributed by atoms with Crippen LogP contribution in [-0.4, -0.2) is 32.5 Å². The molecule has 2 N–H and O–H groups in total. The lowest BCUT2D eigenvalue weighted by Crippen LogP contribution is -2.44. The molecular formula is C21H25N3O4S2. The standard InChI is InChI=1S/C21H25N3O4S2/c1-13(2)11-19(21(25)23-15-5-7-16(28-4)8-6-15)24-30(26,27)17-9-10-18-20(12-17)29-14(3)22-18/h5-10,12-13,19,24H,11H2,1-4H3,(H,23,25)/t19-/m1/s1. The maximum atomic E-state index is 13.0. The number of thiazole rings is 1. The van der Waals surface area contributed by atoms with Crippen molar-refractivity contribution < 1.29 is 17.9 Å². The second-order valence-electron chi connectivity index (χ2n) is 7.38. The molecule has 7 nitrogen and oxygen atoms in total. The molecule has 0 saturated heterocycles. The summed E-state index contributed by atoms with van der Waals surface area (Å²) in [7, 11) is -2.33. The Hall–Kier alpha value is -2.49. The molecule has 0 aliphatic heterocycles. The highest BCUT2D eigenvalue weighted by Gasteiger charge is 2.27. The molecule has 9 heteroatoms. The first-order chi connectivity index (χ1) is 14.2. The summed E-state index contributed by atoms with van der Waals surface area (Å²) in [5.74, 6) is 0.374. The number of methoxy groups -OCH3 is 1. The number of aryl methyl sites for hydroxylation is 1. The van der Waals surface area contributed by atoms with Crippen LogP contribution in [0.4, 0.5) is 5.69 Å².